The lowest BCUT2D eigenvalue weighted by atomic mass is 9.97. The average Bonchev–Trinajstić information content (AvgIpc) is 2.65. The van der Waals surface area contributed by atoms with Crippen molar-refractivity contribution in [2.75, 3.05) is 32.8 Å². The van der Waals surface area contributed by atoms with Gasteiger partial charge in [-0.05, 0) is 58.0 Å². The molecule has 0 atom stereocenters. The number of likely N-dealkylation sites (tertiary alicyclic amines) is 1. The molecular weight excluding hydrogens is 338 g/mol. The fourth-order valence-corrected chi connectivity index (χ4v) is 2.99. The zero-order chi connectivity index (χ0) is 18.9. The van der Waals surface area contributed by atoms with Gasteiger partial charge in [-0.1, -0.05) is 0 Å². The number of esters is 1. The predicted molar refractivity (Wildman–Crippen MR) is 95.8 cm³/mol. The minimum Gasteiger partial charge on any atom is -0.466 e. The fraction of sp³-hybridized carbons (Fsp3) is 0.556. The van der Waals surface area contributed by atoms with Crippen molar-refractivity contribution in [2.24, 2.45) is 5.92 Å². The highest BCUT2D eigenvalue weighted by Crippen LogP contribution is 2.18. The molecule has 0 bridgehead atoms. The van der Waals surface area contributed by atoms with Crippen LogP contribution in [-0.4, -0.2) is 54.5 Å². The first kappa shape index (κ1) is 19.8. The van der Waals surface area contributed by atoms with E-state index >= 15 is 0 Å². The van der Waals surface area contributed by atoms with Gasteiger partial charge in [0, 0.05) is 24.2 Å². The van der Waals surface area contributed by atoms with Crippen LogP contribution < -0.4 is 5.32 Å². The number of benzene rings is 1. The molecule has 0 saturated carbocycles. The molecule has 0 radical (unpaired) electrons. The van der Waals surface area contributed by atoms with Crippen LogP contribution in [0.2, 0.25) is 0 Å². The number of carbonyl (C=O) groups excluding carboxylic acids is 2. The molecule has 1 aromatic rings. The highest BCUT2D eigenvalue weighted by atomic mass is 16.6. The van der Waals surface area contributed by atoms with Gasteiger partial charge >= 0.3 is 5.97 Å². The molecule has 0 spiro atoms. The van der Waals surface area contributed by atoms with Gasteiger partial charge in [-0.15, -0.1) is 0 Å². The highest BCUT2D eigenvalue weighted by molar-refractivity contribution is 5.94. The molecule has 1 fully saturated rings. The van der Waals surface area contributed by atoms with Crippen LogP contribution in [0.25, 0.3) is 0 Å². The lowest BCUT2D eigenvalue weighted by molar-refractivity contribution is -0.384. The van der Waals surface area contributed by atoms with E-state index in [1.165, 1.54) is 24.3 Å². The van der Waals surface area contributed by atoms with E-state index in [4.69, 9.17) is 4.74 Å². The number of piperidine rings is 1. The second kappa shape index (κ2) is 9.86. The standard InChI is InChI=1S/C18H25N3O5/c1-2-26-18(23)15-8-12-20(13-9-15)11-3-10-19-17(22)14-4-6-16(7-5-14)21(24)25/h4-7,15H,2-3,8-13H2,1H3,(H,19,22). The van der Waals surface area contributed by atoms with Crippen LogP contribution in [0.15, 0.2) is 24.3 Å². The van der Waals surface area contributed by atoms with Gasteiger partial charge in [-0.2, -0.15) is 0 Å². The lowest BCUT2D eigenvalue weighted by Gasteiger charge is -2.30. The molecule has 0 aromatic heterocycles. The van der Waals surface area contributed by atoms with Gasteiger partial charge in [0.25, 0.3) is 11.6 Å². The Morgan fingerprint density at radius 3 is 2.50 bits per heavy atom. The molecule has 2 rings (SSSR count). The Labute approximate surface area is 152 Å². The Morgan fingerprint density at radius 2 is 1.92 bits per heavy atom. The maximum absolute atomic E-state index is 12.0. The van der Waals surface area contributed by atoms with Crippen LogP contribution in [0.5, 0.6) is 0 Å². The van der Waals surface area contributed by atoms with Crippen molar-refractivity contribution in [1.29, 1.82) is 0 Å². The molecule has 1 aliphatic rings. The van der Waals surface area contributed by atoms with Gasteiger partial charge < -0.3 is 15.0 Å². The van der Waals surface area contributed by atoms with Crippen molar-refractivity contribution in [3.63, 3.8) is 0 Å². The van der Waals surface area contributed by atoms with E-state index in [1.54, 1.807) is 0 Å². The predicted octanol–water partition coefficient (Wildman–Crippen LogP) is 1.99. The second-order valence-corrected chi connectivity index (χ2v) is 6.28. The Balaban J connectivity index is 1.64. The van der Waals surface area contributed by atoms with Gasteiger partial charge in [0.05, 0.1) is 17.4 Å². The number of non-ortho nitro benzene ring substituents is 1. The van der Waals surface area contributed by atoms with Crippen molar-refractivity contribution in [3.8, 4) is 0 Å². The number of carbonyl (C=O) groups is 2. The summed E-state index contributed by atoms with van der Waals surface area (Å²) in [5.41, 5.74) is 0.374. The highest BCUT2D eigenvalue weighted by Gasteiger charge is 2.25. The van der Waals surface area contributed by atoms with Gasteiger partial charge in [-0.25, -0.2) is 0 Å². The quantitative estimate of drug-likeness (QED) is 0.328. The first-order chi connectivity index (χ1) is 12.5. The van der Waals surface area contributed by atoms with Gasteiger partial charge in [0.1, 0.15) is 0 Å². The molecule has 8 nitrogen and oxygen atoms in total. The number of hydrogen-bond donors (Lipinski definition) is 1. The largest absolute Gasteiger partial charge is 0.466 e. The van der Waals surface area contributed by atoms with Gasteiger partial charge in [0.2, 0.25) is 0 Å². The van der Waals surface area contributed by atoms with Gasteiger partial charge in [-0.3, -0.25) is 19.7 Å². The summed E-state index contributed by atoms with van der Waals surface area (Å²) >= 11 is 0. The van der Waals surface area contributed by atoms with E-state index in [-0.39, 0.29) is 23.5 Å². The topological polar surface area (TPSA) is 102 Å². The Bertz CT molecular complexity index is 624. The number of ether oxygens (including phenoxy) is 1. The summed E-state index contributed by atoms with van der Waals surface area (Å²) in [6, 6.07) is 5.55. The molecule has 142 valence electrons. The third-order valence-electron chi connectivity index (χ3n) is 4.48. The third-order valence-corrected chi connectivity index (χ3v) is 4.48. The molecule has 1 amide bonds. The zero-order valence-corrected chi connectivity index (χ0v) is 15.0. The van der Waals surface area contributed by atoms with Crippen LogP contribution in [0.3, 0.4) is 0 Å². The van der Waals surface area contributed by atoms with E-state index < -0.39 is 4.92 Å². The smallest absolute Gasteiger partial charge is 0.309 e. The zero-order valence-electron chi connectivity index (χ0n) is 15.0. The molecule has 1 N–H and O–H groups in total. The maximum Gasteiger partial charge on any atom is 0.309 e. The summed E-state index contributed by atoms with van der Waals surface area (Å²) < 4.78 is 5.06. The molecule has 0 unspecified atom stereocenters. The van der Waals surface area contributed by atoms with Crippen molar-refractivity contribution >= 4 is 17.6 Å². The van der Waals surface area contributed by atoms with Gasteiger partial charge in [0.15, 0.2) is 0 Å². The molecule has 0 aliphatic carbocycles. The van der Waals surface area contributed by atoms with Crippen LogP contribution >= 0.6 is 0 Å². The average molecular weight is 363 g/mol. The van der Waals surface area contributed by atoms with E-state index in [0.717, 1.165) is 38.9 Å². The van der Waals surface area contributed by atoms with Crippen LogP contribution in [0.1, 0.15) is 36.5 Å². The molecular formula is C18H25N3O5. The van der Waals surface area contributed by atoms with Crippen molar-refractivity contribution in [1.82, 2.24) is 10.2 Å². The van der Waals surface area contributed by atoms with Crippen LogP contribution in [0, 0.1) is 16.0 Å². The number of amides is 1. The molecule has 26 heavy (non-hydrogen) atoms. The summed E-state index contributed by atoms with van der Waals surface area (Å²) in [7, 11) is 0. The van der Waals surface area contributed by atoms with Crippen molar-refractivity contribution in [2.45, 2.75) is 26.2 Å². The Morgan fingerprint density at radius 1 is 1.27 bits per heavy atom. The van der Waals surface area contributed by atoms with Crippen LogP contribution in [-0.2, 0) is 9.53 Å². The summed E-state index contributed by atoms with van der Waals surface area (Å²) in [6.45, 7) is 5.36. The lowest BCUT2D eigenvalue weighted by Crippen LogP contribution is -2.38. The molecule has 1 saturated heterocycles. The SMILES string of the molecule is CCOC(=O)C1CCN(CCCNC(=O)c2ccc([N+](=O)[O-])cc2)CC1. The first-order valence-electron chi connectivity index (χ1n) is 8.93. The number of rotatable bonds is 8. The number of nitro benzene ring substituents is 1. The second-order valence-electron chi connectivity index (χ2n) is 6.28. The maximum atomic E-state index is 12.0. The van der Waals surface area contributed by atoms with E-state index in [1.807, 2.05) is 6.92 Å². The number of nitro groups is 1. The van der Waals surface area contributed by atoms with Crippen molar-refractivity contribution < 1.29 is 19.2 Å². The van der Waals surface area contributed by atoms with E-state index in [0.29, 0.717) is 18.7 Å². The minimum absolute atomic E-state index is 0.00744. The number of hydrogen-bond acceptors (Lipinski definition) is 6. The molecule has 1 heterocycles. The first-order valence-corrected chi connectivity index (χ1v) is 8.93. The van der Waals surface area contributed by atoms with Crippen LogP contribution in [0.4, 0.5) is 5.69 Å². The normalized spacial score (nSPS) is 15.4. The van der Waals surface area contributed by atoms with E-state index in [2.05, 4.69) is 10.2 Å². The minimum atomic E-state index is -0.493. The summed E-state index contributed by atoms with van der Waals surface area (Å²) in [5.74, 6) is -0.323. The number of nitrogens with zero attached hydrogens (tertiary/aromatic N) is 2. The molecule has 8 heteroatoms. The van der Waals surface area contributed by atoms with Crippen molar-refractivity contribution in [3.05, 3.63) is 39.9 Å². The summed E-state index contributed by atoms with van der Waals surface area (Å²) in [5, 5.41) is 13.4. The fourth-order valence-electron chi connectivity index (χ4n) is 2.99. The molecule has 1 aliphatic heterocycles. The molecule has 1 aromatic carbocycles. The summed E-state index contributed by atoms with van der Waals surface area (Å²) in [6.07, 6.45) is 2.44. The Hall–Kier alpha value is -2.48. The van der Waals surface area contributed by atoms with E-state index in [9.17, 15) is 19.7 Å². The number of nitrogens with one attached hydrogen (secondary N) is 1. The monoisotopic (exact) mass is 363 g/mol. The summed E-state index contributed by atoms with van der Waals surface area (Å²) in [4.78, 5) is 36.1. The Kier molecular flexibility index (Phi) is 7.53. The third kappa shape index (κ3) is 5.80.